The van der Waals surface area contributed by atoms with Gasteiger partial charge in [0.2, 0.25) is 0 Å². The van der Waals surface area contributed by atoms with Crippen molar-refractivity contribution >= 4 is 22.8 Å². The number of fused-ring (bicyclic) bond motifs is 1. The highest BCUT2D eigenvalue weighted by atomic mass is 16.2. The van der Waals surface area contributed by atoms with Gasteiger partial charge >= 0.3 is 5.69 Å². The topological polar surface area (TPSA) is 119 Å². The van der Waals surface area contributed by atoms with Crippen molar-refractivity contribution in [3.8, 4) is 0 Å². The van der Waals surface area contributed by atoms with Crippen LogP contribution in [0.25, 0.3) is 11.0 Å². The minimum absolute atomic E-state index is 0.0507. The van der Waals surface area contributed by atoms with E-state index in [0.717, 1.165) is 0 Å². The van der Waals surface area contributed by atoms with Crippen LogP contribution < -0.4 is 11.2 Å². The largest absolute Gasteiger partial charge is 0.335 e. The zero-order valence-corrected chi connectivity index (χ0v) is 17.3. The molecule has 0 unspecified atom stereocenters. The first kappa shape index (κ1) is 20.5. The molecule has 1 aliphatic rings. The number of benzene rings is 1. The van der Waals surface area contributed by atoms with E-state index in [-0.39, 0.29) is 28.4 Å². The third kappa shape index (κ3) is 4.11. The number of aromatic nitrogens is 3. The van der Waals surface area contributed by atoms with Gasteiger partial charge in [-0.15, -0.1) is 0 Å². The van der Waals surface area contributed by atoms with Crippen molar-refractivity contribution < 1.29 is 9.59 Å². The van der Waals surface area contributed by atoms with Crippen LogP contribution in [0.4, 0.5) is 0 Å². The Labute approximate surface area is 177 Å². The summed E-state index contributed by atoms with van der Waals surface area (Å²) in [5.41, 5.74) is 0.955. The van der Waals surface area contributed by atoms with Crippen LogP contribution in [0.3, 0.4) is 0 Å². The Morgan fingerprint density at radius 3 is 2.06 bits per heavy atom. The second kappa shape index (κ2) is 8.17. The highest BCUT2D eigenvalue weighted by Crippen LogP contribution is 2.17. The fourth-order valence-electron chi connectivity index (χ4n) is 3.65. The number of pyridine rings is 1. The van der Waals surface area contributed by atoms with Crippen LogP contribution in [0.2, 0.25) is 0 Å². The number of hydrogen-bond donors (Lipinski definition) is 2. The van der Waals surface area contributed by atoms with E-state index in [2.05, 4.69) is 28.8 Å². The van der Waals surface area contributed by atoms with Gasteiger partial charge in [-0.1, -0.05) is 26.0 Å². The van der Waals surface area contributed by atoms with Crippen molar-refractivity contribution in [3.05, 3.63) is 74.1 Å². The molecular weight excluding hydrogens is 398 g/mol. The summed E-state index contributed by atoms with van der Waals surface area (Å²) in [6.45, 7) is 5.82. The molecule has 1 fully saturated rings. The average Bonchev–Trinajstić information content (AvgIpc) is 2.78. The van der Waals surface area contributed by atoms with Gasteiger partial charge in [0, 0.05) is 37.9 Å². The second-order valence-corrected chi connectivity index (χ2v) is 7.89. The first-order valence-corrected chi connectivity index (χ1v) is 10.1. The molecule has 0 radical (unpaired) electrons. The van der Waals surface area contributed by atoms with Gasteiger partial charge in [0.25, 0.3) is 17.4 Å². The Hall–Kier alpha value is -3.75. The van der Waals surface area contributed by atoms with E-state index in [1.54, 1.807) is 9.80 Å². The Bertz CT molecular complexity index is 1250. The van der Waals surface area contributed by atoms with E-state index in [4.69, 9.17) is 0 Å². The lowest BCUT2D eigenvalue weighted by Crippen LogP contribution is -2.50. The minimum Gasteiger partial charge on any atom is -0.335 e. The normalized spacial score (nSPS) is 14.3. The zero-order valence-electron chi connectivity index (χ0n) is 17.3. The van der Waals surface area contributed by atoms with Gasteiger partial charge in [0.15, 0.2) is 0 Å². The zero-order chi connectivity index (χ0) is 22.1. The van der Waals surface area contributed by atoms with Gasteiger partial charge in [0.05, 0.1) is 10.9 Å². The molecule has 160 valence electrons. The standard InChI is InChI=1S/C22H23N5O4/c1-13(2)14-3-5-15(6-4-14)20(29)26-7-9-27(10-8-26)21(30)16-11-17-18(23-12-16)24-22(31)25-19(17)28/h3-6,11-13H,7-10H2,1-2H3,(H2,23,24,25,28,31). The number of H-pyrrole nitrogens is 2. The molecule has 0 atom stereocenters. The number of hydrogen-bond acceptors (Lipinski definition) is 5. The molecule has 31 heavy (non-hydrogen) atoms. The molecule has 3 heterocycles. The summed E-state index contributed by atoms with van der Waals surface area (Å²) in [6, 6.07) is 9.06. The summed E-state index contributed by atoms with van der Waals surface area (Å²) in [6.07, 6.45) is 1.34. The van der Waals surface area contributed by atoms with Crippen molar-refractivity contribution in [3.63, 3.8) is 0 Å². The summed E-state index contributed by atoms with van der Waals surface area (Å²) in [5, 5.41) is 0.143. The Morgan fingerprint density at radius 2 is 1.48 bits per heavy atom. The van der Waals surface area contributed by atoms with Crippen LogP contribution >= 0.6 is 0 Å². The number of carbonyl (C=O) groups excluding carboxylic acids is 2. The van der Waals surface area contributed by atoms with Crippen molar-refractivity contribution in [1.82, 2.24) is 24.8 Å². The highest BCUT2D eigenvalue weighted by Gasteiger charge is 2.26. The molecule has 0 aliphatic carbocycles. The van der Waals surface area contributed by atoms with Crippen molar-refractivity contribution in [2.45, 2.75) is 19.8 Å². The van der Waals surface area contributed by atoms with E-state index < -0.39 is 11.2 Å². The quantitative estimate of drug-likeness (QED) is 0.661. The Morgan fingerprint density at radius 1 is 0.903 bits per heavy atom. The molecule has 0 saturated carbocycles. The van der Waals surface area contributed by atoms with Crippen LogP contribution in [-0.4, -0.2) is 62.7 Å². The lowest BCUT2D eigenvalue weighted by molar-refractivity contribution is 0.0535. The third-order valence-electron chi connectivity index (χ3n) is 5.52. The molecule has 1 saturated heterocycles. The lowest BCUT2D eigenvalue weighted by Gasteiger charge is -2.34. The molecule has 9 nitrogen and oxygen atoms in total. The van der Waals surface area contributed by atoms with Gasteiger partial charge in [-0.05, 0) is 29.7 Å². The SMILES string of the molecule is CC(C)c1ccc(C(=O)N2CCN(C(=O)c3cnc4[nH]c(=O)[nH]c(=O)c4c3)CC2)cc1. The highest BCUT2D eigenvalue weighted by molar-refractivity contribution is 5.97. The average molecular weight is 421 g/mol. The monoisotopic (exact) mass is 421 g/mol. The molecule has 3 aromatic rings. The van der Waals surface area contributed by atoms with Gasteiger partial charge in [-0.2, -0.15) is 0 Å². The van der Waals surface area contributed by atoms with Gasteiger partial charge < -0.3 is 9.80 Å². The van der Waals surface area contributed by atoms with E-state index in [1.165, 1.54) is 17.8 Å². The second-order valence-electron chi connectivity index (χ2n) is 7.89. The Balaban J connectivity index is 1.44. The molecule has 1 aromatic carbocycles. The maximum atomic E-state index is 12.9. The molecule has 4 rings (SSSR count). The number of nitrogens with zero attached hydrogens (tertiary/aromatic N) is 3. The van der Waals surface area contributed by atoms with E-state index >= 15 is 0 Å². The molecule has 2 N–H and O–H groups in total. The van der Waals surface area contributed by atoms with Crippen molar-refractivity contribution in [1.29, 1.82) is 0 Å². The van der Waals surface area contributed by atoms with Gasteiger partial charge in [-0.25, -0.2) is 9.78 Å². The number of carbonyl (C=O) groups is 2. The molecule has 2 aromatic heterocycles. The molecule has 1 aliphatic heterocycles. The maximum absolute atomic E-state index is 12.9. The number of piperazine rings is 1. The summed E-state index contributed by atoms with van der Waals surface area (Å²) in [4.78, 5) is 60.9. The smallest absolute Gasteiger partial charge is 0.327 e. The van der Waals surface area contributed by atoms with E-state index in [1.807, 2.05) is 24.3 Å². The van der Waals surface area contributed by atoms with E-state index in [9.17, 15) is 19.2 Å². The predicted molar refractivity (Wildman–Crippen MR) is 115 cm³/mol. The molecule has 0 bridgehead atoms. The first-order chi connectivity index (χ1) is 14.8. The fourth-order valence-corrected chi connectivity index (χ4v) is 3.65. The molecule has 9 heteroatoms. The fraction of sp³-hybridized carbons (Fsp3) is 0.318. The summed E-state index contributed by atoms with van der Waals surface area (Å²) >= 11 is 0. The maximum Gasteiger partial charge on any atom is 0.327 e. The minimum atomic E-state index is -0.649. The van der Waals surface area contributed by atoms with E-state index in [0.29, 0.717) is 37.7 Å². The third-order valence-corrected chi connectivity index (χ3v) is 5.52. The van der Waals surface area contributed by atoms with Crippen LogP contribution in [0.15, 0.2) is 46.1 Å². The number of aromatic amines is 2. The van der Waals surface area contributed by atoms with Crippen LogP contribution in [0.5, 0.6) is 0 Å². The number of nitrogens with one attached hydrogen (secondary N) is 2. The molecule has 2 amide bonds. The van der Waals surface area contributed by atoms with Gasteiger partial charge in [0.1, 0.15) is 5.65 Å². The van der Waals surface area contributed by atoms with Crippen LogP contribution in [0, 0.1) is 0 Å². The van der Waals surface area contributed by atoms with Crippen molar-refractivity contribution in [2.24, 2.45) is 0 Å². The first-order valence-electron chi connectivity index (χ1n) is 10.1. The van der Waals surface area contributed by atoms with Crippen molar-refractivity contribution in [2.75, 3.05) is 26.2 Å². The van der Waals surface area contributed by atoms with Gasteiger partial charge in [-0.3, -0.25) is 24.4 Å². The number of amides is 2. The van der Waals surface area contributed by atoms with Crippen LogP contribution in [-0.2, 0) is 0 Å². The summed E-state index contributed by atoms with van der Waals surface area (Å²) < 4.78 is 0. The lowest BCUT2D eigenvalue weighted by atomic mass is 10.0. The predicted octanol–water partition coefficient (Wildman–Crippen LogP) is 1.33. The summed E-state index contributed by atoms with van der Waals surface area (Å²) in [5.74, 6) is 0.0813. The number of rotatable bonds is 3. The van der Waals surface area contributed by atoms with Crippen LogP contribution in [0.1, 0.15) is 46.0 Å². The summed E-state index contributed by atoms with van der Waals surface area (Å²) in [7, 11) is 0. The molecular formula is C22H23N5O4. The molecule has 0 spiro atoms. The Kier molecular flexibility index (Phi) is 5.41.